The average Bonchev–Trinajstić information content (AvgIpc) is 2.82. The van der Waals surface area contributed by atoms with E-state index in [-0.39, 0.29) is 11.8 Å². The van der Waals surface area contributed by atoms with Crippen LogP contribution in [0.5, 0.6) is 0 Å². The van der Waals surface area contributed by atoms with Gasteiger partial charge in [-0.15, -0.1) is 0 Å². The van der Waals surface area contributed by atoms with Crippen LogP contribution in [0.25, 0.3) is 22.3 Å². The van der Waals surface area contributed by atoms with Gasteiger partial charge in [0.25, 0.3) is 5.91 Å². The molecule has 0 radical (unpaired) electrons. The smallest absolute Gasteiger partial charge is 0.251 e. The van der Waals surface area contributed by atoms with Crippen molar-refractivity contribution < 1.29 is 9.90 Å². The van der Waals surface area contributed by atoms with E-state index in [1.165, 1.54) is 0 Å². The van der Waals surface area contributed by atoms with Gasteiger partial charge in [-0.1, -0.05) is 50.6 Å². The highest BCUT2D eigenvalue weighted by Gasteiger charge is 2.30. The Morgan fingerprint density at radius 2 is 1.78 bits per heavy atom. The monoisotopic (exact) mass is 432 g/mol. The molecule has 1 saturated heterocycles. The summed E-state index contributed by atoms with van der Waals surface area (Å²) in [6.45, 7) is 10.5. The van der Waals surface area contributed by atoms with Gasteiger partial charge in [0, 0.05) is 37.1 Å². The van der Waals surface area contributed by atoms with Crippen LogP contribution in [0.3, 0.4) is 0 Å². The van der Waals surface area contributed by atoms with Crippen LogP contribution in [0, 0.1) is 19.8 Å². The minimum absolute atomic E-state index is 0.0359. The van der Waals surface area contributed by atoms with E-state index in [4.69, 9.17) is 9.97 Å². The highest BCUT2D eigenvalue weighted by molar-refractivity contribution is 5.92. The van der Waals surface area contributed by atoms with Crippen molar-refractivity contribution in [2.75, 3.05) is 31.1 Å². The van der Waals surface area contributed by atoms with Crippen LogP contribution in [0.2, 0.25) is 0 Å². The molecule has 0 spiro atoms. The summed E-state index contributed by atoms with van der Waals surface area (Å²) >= 11 is 0. The van der Waals surface area contributed by atoms with Gasteiger partial charge in [0.2, 0.25) is 0 Å². The van der Waals surface area contributed by atoms with E-state index in [1.807, 2.05) is 26.0 Å². The standard InChI is InChI=1S/C26H32N4O2/c1-5-18(3)23(31)26(32)30-14-12-29(13-15-30)25-21-11-10-17(2)16-22(21)27-24(28-25)20-9-7-6-8-19(20)4/h6-11,16,18,23,31H,5,12-15H2,1-4H3/t18-,23-/m1/s1. The molecule has 32 heavy (non-hydrogen) atoms. The second-order valence-electron chi connectivity index (χ2n) is 8.85. The van der Waals surface area contributed by atoms with E-state index in [9.17, 15) is 9.90 Å². The number of hydrogen-bond donors (Lipinski definition) is 1. The zero-order valence-electron chi connectivity index (χ0n) is 19.4. The van der Waals surface area contributed by atoms with E-state index in [2.05, 4.69) is 49.1 Å². The Morgan fingerprint density at radius 1 is 1.06 bits per heavy atom. The van der Waals surface area contributed by atoms with E-state index < -0.39 is 6.10 Å². The lowest BCUT2D eigenvalue weighted by Crippen LogP contribution is -2.52. The number of aromatic nitrogens is 2. The first kappa shape index (κ1) is 22.2. The van der Waals surface area contributed by atoms with Crippen LogP contribution >= 0.6 is 0 Å². The number of nitrogens with zero attached hydrogens (tertiary/aromatic N) is 4. The van der Waals surface area contributed by atoms with Crippen LogP contribution in [0.1, 0.15) is 31.4 Å². The minimum atomic E-state index is -0.929. The molecule has 4 rings (SSSR count). The number of fused-ring (bicyclic) bond motifs is 1. The molecule has 1 aliphatic heterocycles. The number of carbonyl (C=O) groups excluding carboxylic acids is 1. The van der Waals surface area contributed by atoms with Gasteiger partial charge in [0.1, 0.15) is 11.9 Å². The van der Waals surface area contributed by atoms with Crippen LogP contribution in [-0.2, 0) is 4.79 Å². The Bertz CT molecular complexity index is 1120. The molecule has 2 atom stereocenters. The number of benzene rings is 2. The topological polar surface area (TPSA) is 69.6 Å². The van der Waals surface area contributed by atoms with Gasteiger partial charge < -0.3 is 14.9 Å². The average molecular weight is 433 g/mol. The third kappa shape index (κ3) is 4.32. The molecular formula is C26H32N4O2. The molecule has 0 bridgehead atoms. The molecular weight excluding hydrogens is 400 g/mol. The third-order valence-electron chi connectivity index (χ3n) is 6.55. The molecule has 6 heteroatoms. The molecule has 1 N–H and O–H groups in total. The van der Waals surface area contributed by atoms with Crippen molar-refractivity contribution in [2.45, 2.75) is 40.2 Å². The van der Waals surface area contributed by atoms with Crippen molar-refractivity contribution >= 4 is 22.6 Å². The Labute approximate surface area is 189 Å². The fraction of sp³-hybridized carbons (Fsp3) is 0.423. The van der Waals surface area contributed by atoms with E-state index in [1.54, 1.807) is 4.90 Å². The Kier molecular flexibility index (Phi) is 6.42. The van der Waals surface area contributed by atoms with Crippen molar-refractivity contribution in [2.24, 2.45) is 5.92 Å². The van der Waals surface area contributed by atoms with Gasteiger partial charge in [-0.2, -0.15) is 0 Å². The quantitative estimate of drug-likeness (QED) is 0.661. The first-order chi connectivity index (χ1) is 15.4. The molecule has 168 valence electrons. The molecule has 0 aliphatic carbocycles. The minimum Gasteiger partial charge on any atom is -0.383 e. The molecule has 0 unspecified atom stereocenters. The highest BCUT2D eigenvalue weighted by atomic mass is 16.3. The maximum atomic E-state index is 12.7. The second-order valence-corrected chi connectivity index (χ2v) is 8.85. The summed E-state index contributed by atoms with van der Waals surface area (Å²) in [5, 5.41) is 11.4. The predicted octanol–water partition coefficient (Wildman–Crippen LogP) is 3.97. The SMILES string of the molecule is CC[C@@H](C)[C@@H](O)C(=O)N1CCN(c2nc(-c3ccccc3C)nc3cc(C)ccc23)CC1. The second kappa shape index (κ2) is 9.25. The van der Waals surface area contributed by atoms with Crippen molar-refractivity contribution in [3.05, 3.63) is 53.6 Å². The summed E-state index contributed by atoms with van der Waals surface area (Å²) in [6, 6.07) is 14.4. The maximum absolute atomic E-state index is 12.7. The number of aryl methyl sites for hydroxylation is 2. The molecule has 1 aliphatic rings. The molecule has 1 aromatic heterocycles. The first-order valence-corrected chi connectivity index (χ1v) is 11.4. The summed E-state index contributed by atoms with van der Waals surface area (Å²) in [6.07, 6.45) is -0.150. The number of carbonyl (C=O) groups is 1. The van der Waals surface area contributed by atoms with Gasteiger partial charge in [0.15, 0.2) is 5.82 Å². The number of rotatable bonds is 5. The van der Waals surface area contributed by atoms with Crippen LogP contribution in [0.15, 0.2) is 42.5 Å². The number of aliphatic hydroxyl groups is 1. The van der Waals surface area contributed by atoms with Crippen LogP contribution in [0.4, 0.5) is 5.82 Å². The van der Waals surface area contributed by atoms with E-state index >= 15 is 0 Å². The van der Waals surface area contributed by atoms with Crippen LogP contribution in [-0.4, -0.2) is 58.2 Å². The normalized spacial score (nSPS) is 16.3. The third-order valence-corrected chi connectivity index (χ3v) is 6.55. The first-order valence-electron chi connectivity index (χ1n) is 11.4. The van der Waals surface area contributed by atoms with Gasteiger partial charge in [-0.25, -0.2) is 9.97 Å². The van der Waals surface area contributed by atoms with Crippen molar-refractivity contribution in [1.29, 1.82) is 0 Å². The lowest BCUT2D eigenvalue weighted by atomic mass is 10.0. The largest absolute Gasteiger partial charge is 0.383 e. The number of amides is 1. The molecule has 1 fully saturated rings. The summed E-state index contributed by atoms with van der Waals surface area (Å²) in [5.74, 6) is 1.43. The molecule has 0 saturated carbocycles. The van der Waals surface area contributed by atoms with E-state index in [0.717, 1.165) is 45.7 Å². The van der Waals surface area contributed by atoms with E-state index in [0.29, 0.717) is 26.2 Å². The Hall–Kier alpha value is -2.99. The highest BCUT2D eigenvalue weighted by Crippen LogP contribution is 2.30. The number of hydrogen-bond acceptors (Lipinski definition) is 5. The van der Waals surface area contributed by atoms with Crippen molar-refractivity contribution in [3.8, 4) is 11.4 Å². The lowest BCUT2D eigenvalue weighted by molar-refractivity contribution is -0.143. The fourth-order valence-corrected chi connectivity index (χ4v) is 4.20. The van der Waals surface area contributed by atoms with Gasteiger partial charge in [-0.3, -0.25) is 4.79 Å². The number of piperazine rings is 1. The number of aliphatic hydroxyl groups excluding tert-OH is 1. The molecule has 6 nitrogen and oxygen atoms in total. The maximum Gasteiger partial charge on any atom is 0.251 e. The molecule has 2 aromatic carbocycles. The number of anilines is 1. The fourth-order valence-electron chi connectivity index (χ4n) is 4.20. The summed E-state index contributed by atoms with van der Waals surface area (Å²) < 4.78 is 0. The lowest BCUT2D eigenvalue weighted by Gasteiger charge is -2.37. The zero-order chi connectivity index (χ0) is 22.8. The van der Waals surface area contributed by atoms with Crippen LogP contribution < -0.4 is 4.90 Å². The summed E-state index contributed by atoms with van der Waals surface area (Å²) in [4.78, 5) is 26.6. The Balaban J connectivity index is 1.65. The molecule has 3 aromatic rings. The van der Waals surface area contributed by atoms with Crippen molar-refractivity contribution in [3.63, 3.8) is 0 Å². The summed E-state index contributed by atoms with van der Waals surface area (Å²) in [5.41, 5.74) is 4.26. The Morgan fingerprint density at radius 3 is 2.47 bits per heavy atom. The summed E-state index contributed by atoms with van der Waals surface area (Å²) in [7, 11) is 0. The predicted molar refractivity (Wildman–Crippen MR) is 129 cm³/mol. The van der Waals surface area contributed by atoms with Gasteiger partial charge in [0.05, 0.1) is 5.52 Å². The zero-order valence-corrected chi connectivity index (χ0v) is 19.4. The molecule has 1 amide bonds. The molecule has 2 heterocycles. The van der Waals surface area contributed by atoms with Gasteiger partial charge in [-0.05, 0) is 43.0 Å². The van der Waals surface area contributed by atoms with Gasteiger partial charge >= 0.3 is 0 Å². The van der Waals surface area contributed by atoms with Crippen molar-refractivity contribution in [1.82, 2.24) is 14.9 Å².